The lowest BCUT2D eigenvalue weighted by atomic mass is 10.1. The number of aromatic nitrogens is 3. The minimum absolute atomic E-state index is 0.0371. The molecule has 33 heavy (non-hydrogen) atoms. The number of rotatable bonds is 8. The third kappa shape index (κ3) is 5.15. The Morgan fingerprint density at radius 2 is 2.03 bits per heavy atom. The molecule has 2 aromatic heterocycles. The molecular formula is C23H23N5O5. The molecule has 0 fully saturated rings. The van der Waals surface area contributed by atoms with Gasteiger partial charge in [-0.15, -0.1) is 10.2 Å². The molecule has 1 atom stereocenters. The zero-order chi connectivity index (χ0) is 24.1. The van der Waals surface area contributed by atoms with Crippen LogP contribution in [0.5, 0.6) is 0 Å². The van der Waals surface area contributed by atoms with E-state index in [0.717, 1.165) is 29.9 Å². The van der Waals surface area contributed by atoms with Crippen LogP contribution >= 0.6 is 0 Å². The summed E-state index contributed by atoms with van der Waals surface area (Å²) in [5, 5.41) is 28.1. The first-order valence-corrected chi connectivity index (χ1v) is 10.3. The van der Waals surface area contributed by atoms with Gasteiger partial charge in [-0.25, -0.2) is 4.79 Å². The summed E-state index contributed by atoms with van der Waals surface area (Å²) in [5.74, 6) is -0.641. The number of aryl methyl sites for hydroxylation is 1. The van der Waals surface area contributed by atoms with Crippen molar-refractivity contribution in [2.75, 3.05) is 0 Å². The van der Waals surface area contributed by atoms with Crippen molar-refractivity contribution in [2.45, 2.75) is 46.8 Å². The lowest BCUT2D eigenvalue weighted by Gasteiger charge is -2.09. The normalized spacial score (nSPS) is 12.3. The Morgan fingerprint density at radius 1 is 1.33 bits per heavy atom. The molecule has 3 aromatic rings. The van der Waals surface area contributed by atoms with Gasteiger partial charge in [0.15, 0.2) is 6.10 Å². The van der Waals surface area contributed by atoms with Gasteiger partial charge in [0.1, 0.15) is 11.6 Å². The molecule has 0 amide bonds. The van der Waals surface area contributed by atoms with Crippen molar-refractivity contribution in [3.05, 3.63) is 68.9 Å². The summed E-state index contributed by atoms with van der Waals surface area (Å²) in [6.45, 7) is 8.40. The zero-order valence-corrected chi connectivity index (χ0v) is 18.7. The van der Waals surface area contributed by atoms with Gasteiger partial charge in [0.2, 0.25) is 5.89 Å². The van der Waals surface area contributed by atoms with E-state index in [4.69, 9.17) is 9.15 Å². The van der Waals surface area contributed by atoms with Crippen LogP contribution in [0, 0.1) is 35.3 Å². The van der Waals surface area contributed by atoms with Crippen LogP contribution in [0.25, 0.3) is 17.5 Å². The van der Waals surface area contributed by atoms with Crippen molar-refractivity contribution >= 4 is 17.7 Å². The van der Waals surface area contributed by atoms with Gasteiger partial charge in [-0.1, -0.05) is 6.92 Å². The number of esters is 1. The molecule has 170 valence electrons. The molecule has 10 nitrogen and oxygen atoms in total. The molecule has 0 N–H and O–H groups in total. The molecule has 0 radical (unpaired) electrons. The average molecular weight is 449 g/mol. The maximum absolute atomic E-state index is 12.6. The molecule has 3 rings (SSSR count). The topological polar surface area (TPSA) is 137 Å². The van der Waals surface area contributed by atoms with E-state index in [1.807, 2.05) is 26.0 Å². The molecule has 0 saturated carbocycles. The summed E-state index contributed by atoms with van der Waals surface area (Å²) in [4.78, 5) is 22.9. The van der Waals surface area contributed by atoms with Gasteiger partial charge < -0.3 is 13.7 Å². The van der Waals surface area contributed by atoms with E-state index < -0.39 is 17.0 Å². The number of carbonyl (C=O) groups excluding carboxylic acids is 1. The van der Waals surface area contributed by atoms with Crippen LogP contribution in [0.2, 0.25) is 0 Å². The SMILES string of the molecule is CCCn1c(C)cc(/C=C(\C#N)C(=O)OC(C)c2nnc(-c3ccc([N+](=O)[O-])cc3)o2)c1C. The number of nitrogens with zero attached hydrogens (tertiary/aromatic N) is 5. The molecule has 0 saturated heterocycles. The van der Waals surface area contributed by atoms with Crippen LogP contribution in [-0.2, 0) is 16.1 Å². The summed E-state index contributed by atoms with van der Waals surface area (Å²) >= 11 is 0. The molecule has 10 heteroatoms. The molecule has 2 heterocycles. The van der Waals surface area contributed by atoms with Gasteiger partial charge in [-0.3, -0.25) is 10.1 Å². The number of nitriles is 1. The summed E-state index contributed by atoms with van der Waals surface area (Å²) in [6.07, 6.45) is 1.58. The van der Waals surface area contributed by atoms with E-state index in [0.29, 0.717) is 5.56 Å². The number of hydrogen-bond donors (Lipinski definition) is 0. The van der Waals surface area contributed by atoms with E-state index >= 15 is 0 Å². The molecule has 0 spiro atoms. The summed E-state index contributed by atoms with van der Waals surface area (Å²) in [5.41, 5.74) is 3.07. The van der Waals surface area contributed by atoms with Gasteiger partial charge in [-0.05, 0) is 57.0 Å². The zero-order valence-electron chi connectivity index (χ0n) is 18.7. The van der Waals surface area contributed by atoms with Crippen molar-refractivity contribution in [1.29, 1.82) is 5.26 Å². The second-order valence-corrected chi connectivity index (χ2v) is 7.44. The van der Waals surface area contributed by atoms with Crippen LogP contribution in [0.4, 0.5) is 5.69 Å². The van der Waals surface area contributed by atoms with E-state index in [9.17, 15) is 20.2 Å². The van der Waals surface area contributed by atoms with Crippen LogP contribution < -0.4 is 0 Å². The van der Waals surface area contributed by atoms with Crippen molar-refractivity contribution in [1.82, 2.24) is 14.8 Å². The molecule has 0 bridgehead atoms. The quantitative estimate of drug-likeness (QED) is 0.159. The highest BCUT2D eigenvalue weighted by Gasteiger charge is 2.22. The summed E-state index contributed by atoms with van der Waals surface area (Å²) in [6, 6.07) is 9.43. The Morgan fingerprint density at radius 3 is 2.64 bits per heavy atom. The summed E-state index contributed by atoms with van der Waals surface area (Å²) < 4.78 is 13.1. The molecule has 0 aliphatic heterocycles. The first-order chi connectivity index (χ1) is 15.7. The number of hydrogen-bond acceptors (Lipinski definition) is 8. The van der Waals surface area contributed by atoms with Gasteiger partial charge in [0, 0.05) is 35.6 Å². The number of nitro groups is 1. The third-order valence-electron chi connectivity index (χ3n) is 5.10. The second kappa shape index (κ2) is 9.91. The maximum atomic E-state index is 12.6. The maximum Gasteiger partial charge on any atom is 0.349 e. The molecule has 0 aliphatic rings. The van der Waals surface area contributed by atoms with Crippen LogP contribution in [-0.4, -0.2) is 25.7 Å². The highest BCUT2D eigenvalue weighted by molar-refractivity contribution is 5.98. The van der Waals surface area contributed by atoms with Crippen LogP contribution in [0.1, 0.15) is 49.2 Å². The fraction of sp³-hybridized carbons (Fsp3) is 0.304. The first-order valence-electron chi connectivity index (χ1n) is 10.3. The number of nitro benzene ring substituents is 1. The van der Waals surface area contributed by atoms with Gasteiger partial charge in [-0.2, -0.15) is 5.26 Å². The second-order valence-electron chi connectivity index (χ2n) is 7.44. The average Bonchev–Trinajstić information content (AvgIpc) is 3.39. The Labute approximate surface area is 190 Å². The van der Waals surface area contributed by atoms with E-state index in [2.05, 4.69) is 21.7 Å². The summed E-state index contributed by atoms with van der Waals surface area (Å²) in [7, 11) is 0. The number of ether oxygens (including phenoxy) is 1. The van der Waals surface area contributed by atoms with Crippen molar-refractivity contribution < 1.29 is 18.9 Å². The fourth-order valence-corrected chi connectivity index (χ4v) is 3.35. The predicted octanol–water partition coefficient (Wildman–Crippen LogP) is 4.68. The van der Waals surface area contributed by atoms with Crippen LogP contribution in [0.3, 0.4) is 0 Å². The molecule has 1 aromatic carbocycles. The Bertz CT molecular complexity index is 1250. The minimum Gasteiger partial charge on any atom is -0.448 e. The smallest absolute Gasteiger partial charge is 0.349 e. The van der Waals surface area contributed by atoms with Gasteiger partial charge in [0.05, 0.1) is 4.92 Å². The third-order valence-corrected chi connectivity index (χ3v) is 5.10. The fourth-order valence-electron chi connectivity index (χ4n) is 3.35. The number of carbonyl (C=O) groups is 1. The van der Waals surface area contributed by atoms with E-state index in [1.165, 1.54) is 30.3 Å². The highest BCUT2D eigenvalue weighted by Crippen LogP contribution is 2.25. The first kappa shape index (κ1) is 23.4. The van der Waals surface area contributed by atoms with Gasteiger partial charge >= 0.3 is 5.97 Å². The number of non-ortho nitro benzene ring substituents is 1. The molecule has 1 unspecified atom stereocenters. The Hall–Kier alpha value is -4.26. The van der Waals surface area contributed by atoms with Crippen molar-refractivity contribution in [2.24, 2.45) is 0 Å². The monoisotopic (exact) mass is 449 g/mol. The van der Waals surface area contributed by atoms with Gasteiger partial charge in [0.25, 0.3) is 11.6 Å². The van der Waals surface area contributed by atoms with E-state index in [-0.39, 0.29) is 23.0 Å². The predicted molar refractivity (Wildman–Crippen MR) is 119 cm³/mol. The molecular weight excluding hydrogens is 426 g/mol. The molecule has 0 aliphatic carbocycles. The van der Waals surface area contributed by atoms with Crippen molar-refractivity contribution in [3.8, 4) is 17.5 Å². The van der Waals surface area contributed by atoms with Crippen LogP contribution in [0.15, 0.2) is 40.3 Å². The lowest BCUT2D eigenvalue weighted by molar-refractivity contribution is -0.384. The largest absolute Gasteiger partial charge is 0.448 e. The standard InChI is InChI=1S/C23H23N5O5/c1-5-10-27-14(2)11-18(15(27)3)12-19(13-24)23(29)32-16(4)21-25-26-22(33-21)17-6-8-20(9-7-17)28(30)31/h6-9,11-12,16H,5,10H2,1-4H3/b19-12+. The Kier molecular flexibility index (Phi) is 7.03. The van der Waals surface area contributed by atoms with Crippen molar-refractivity contribution in [3.63, 3.8) is 0 Å². The lowest BCUT2D eigenvalue weighted by Crippen LogP contribution is -2.11. The highest BCUT2D eigenvalue weighted by atomic mass is 16.6. The van der Waals surface area contributed by atoms with E-state index in [1.54, 1.807) is 6.92 Å². The number of benzene rings is 1. The minimum atomic E-state index is -0.902. The Balaban J connectivity index is 1.74.